The molecule has 19 heavy (non-hydrogen) atoms. The lowest BCUT2D eigenvalue weighted by molar-refractivity contribution is -0.384. The summed E-state index contributed by atoms with van der Waals surface area (Å²) in [6, 6.07) is 6.23. The number of hydrogen-bond donors (Lipinski definition) is 1. The summed E-state index contributed by atoms with van der Waals surface area (Å²) >= 11 is 0. The van der Waals surface area contributed by atoms with Gasteiger partial charge in [0, 0.05) is 6.07 Å². The molecule has 0 spiro atoms. The van der Waals surface area contributed by atoms with Gasteiger partial charge in [-0.15, -0.1) is 0 Å². The lowest BCUT2D eigenvalue weighted by Crippen LogP contribution is -2.17. The van der Waals surface area contributed by atoms with Gasteiger partial charge in [0.05, 0.1) is 11.0 Å². The molecule has 100 valence electrons. The van der Waals surface area contributed by atoms with E-state index in [0.717, 1.165) is 6.54 Å². The van der Waals surface area contributed by atoms with E-state index >= 15 is 0 Å². The van der Waals surface area contributed by atoms with Crippen LogP contribution >= 0.6 is 0 Å². The number of rotatable bonds is 5. The molecule has 2 aromatic rings. The van der Waals surface area contributed by atoms with Crippen LogP contribution in [-0.2, 0) is 0 Å². The highest BCUT2D eigenvalue weighted by Gasteiger charge is 2.20. The summed E-state index contributed by atoms with van der Waals surface area (Å²) in [6.07, 6.45) is 0. The van der Waals surface area contributed by atoms with Gasteiger partial charge in [0.15, 0.2) is 0 Å². The molecule has 1 unspecified atom stereocenters. The predicted octanol–water partition coefficient (Wildman–Crippen LogP) is 2.32. The Hall–Kier alpha value is -2.28. The lowest BCUT2D eigenvalue weighted by Gasteiger charge is -2.05. The standard InChI is InChI=1S/C12H14N4O3/c1-3-13-8(2)12-14-11(15-19-12)9-6-4-5-7-10(9)16(17)18/h4-8,13H,3H2,1-2H3. The van der Waals surface area contributed by atoms with E-state index in [2.05, 4.69) is 15.5 Å². The number of nitrogens with zero attached hydrogens (tertiary/aromatic N) is 3. The molecule has 0 saturated heterocycles. The SMILES string of the molecule is CCNC(C)c1nc(-c2ccccc2[N+](=O)[O-])no1. The van der Waals surface area contributed by atoms with Gasteiger partial charge >= 0.3 is 0 Å². The average Bonchev–Trinajstić information content (AvgIpc) is 2.88. The Balaban J connectivity index is 2.35. The van der Waals surface area contributed by atoms with Crippen molar-refractivity contribution in [2.75, 3.05) is 6.54 Å². The molecule has 1 heterocycles. The fourth-order valence-electron chi connectivity index (χ4n) is 1.74. The van der Waals surface area contributed by atoms with Crippen LogP contribution in [0.5, 0.6) is 0 Å². The van der Waals surface area contributed by atoms with Crippen LogP contribution in [0.3, 0.4) is 0 Å². The summed E-state index contributed by atoms with van der Waals surface area (Å²) in [5.74, 6) is 0.641. The van der Waals surface area contributed by atoms with Gasteiger partial charge in [0.1, 0.15) is 5.56 Å². The van der Waals surface area contributed by atoms with Crippen molar-refractivity contribution in [1.29, 1.82) is 0 Å². The zero-order valence-electron chi connectivity index (χ0n) is 10.7. The Morgan fingerprint density at radius 3 is 2.89 bits per heavy atom. The molecule has 0 radical (unpaired) electrons. The van der Waals surface area contributed by atoms with Crippen molar-refractivity contribution < 1.29 is 9.45 Å². The van der Waals surface area contributed by atoms with Crippen LogP contribution in [0.15, 0.2) is 28.8 Å². The Labute approximate surface area is 109 Å². The van der Waals surface area contributed by atoms with Crippen LogP contribution in [0.2, 0.25) is 0 Å². The second kappa shape index (κ2) is 5.57. The molecule has 0 saturated carbocycles. The third-order valence-electron chi connectivity index (χ3n) is 2.66. The molecule has 7 nitrogen and oxygen atoms in total. The molecule has 7 heteroatoms. The van der Waals surface area contributed by atoms with Crippen LogP contribution in [0.1, 0.15) is 25.8 Å². The Morgan fingerprint density at radius 2 is 2.21 bits per heavy atom. The minimum Gasteiger partial charge on any atom is -0.337 e. The third-order valence-corrected chi connectivity index (χ3v) is 2.66. The summed E-state index contributed by atoms with van der Waals surface area (Å²) in [6.45, 7) is 4.63. The maximum Gasteiger partial charge on any atom is 0.280 e. The fourth-order valence-corrected chi connectivity index (χ4v) is 1.74. The van der Waals surface area contributed by atoms with Crippen LogP contribution in [0, 0.1) is 10.1 Å². The second-order valence-electron chi connectivity index (χ2n) is 4.01. The summed E-state index contributed by atoms with van der Waals surface area (Å²) < 4.78 is 5.12. The van der Waals surface area contributed by atoms with E-state index in [1.165, 1.54) is 6.07 Å². The molecule has 0 fully saturated rings. The number of hydrogen-bond acceptors (Lipinski definition) is 6. The molecule has 0 aliphatic heterocycles. The molecule has 1 atom stereocenters. The van der Waals surface area contributed by atoms with Gasteiger partial charge in [-0.25, -0.2) is 0 Å². The Morgan fingerprint density at radius 1 is 1.47 bits per heavy atom. The summed E-state index contributed by atoms with van der Waals surface area (Å²) in [5, 5.41) is 17.9. The highest BCUT2D eigenvalue weighted by atomic mass is 16.6. The first-order valence-corrected chi connectivity index (χ1v) is 5.94. The van der Waals surface area contributed by atoms with Gasteiger partial charge in [-0.2, -0.15) is 4.98 Å². The predicted molar refractivity (Wildman–Crippen MR) is 68.5 cm³/mol. The van der Waals surface area contributed by atoms with Gasteiger partial charge in [-0.05, 0) is 19.5 Å². The maximum absolute atomic E-state index is 10.9. The zero-order chi connectivity index (χ0) is 13.8. The summed E-state index contributed by atoms with van der Waals surface area (Å²) in [4.78, 5) is 14.7. The fraction of sp³-hybridized carbons (Fsp3) is 0.333. The van der Waals surface area contributed by atoms with Gasteiger partial charge in [-0.1, -0.05) is 24.2 Å². The zero-order valence-corrected chi connectivity index (χ0v) is 10.7. The van der Waals surface area contributed by atoms with Crippen molar-refractivity contribution >= 4 is 5.69 Å². The number of benzene rings is 1. The van der Waals surface area contributed by atoms with Crippen LogP contribution in [0.25, 0.3) is 11.4 Å². The first kappa shape index (κ1) is 13.2. The lowest BCUT2D eigenvalue weighted by atomic mass is 10.2. The highest BCUT2D eigenvalue weighted by molar-refractivity contribution is 5.67. The minimum absolute atomic E-state index is 0.0362. The summed E-state index contributed by atoms with van der Waals surface area (Å²) in [5.41, 5.74) is 0.317. The normalized spacial score (nSPS) is 12.3. The highest BCUT2D eigenvalue weighted by Crippen LogP contribution is 2.27. The van der Waals surface area contributed by atoms with Crippen molar-refractivity contribution in [3.05, 3.63) is 40.3 Å². The van der Waals surface area contributed by atoms with E-state index in [1.54, 1.807) is 18.2 Å². The van der Waals surface area contributed by atoms with E-state index in [1.807, 2.05) is 13.8 Å². The van der Waals surface area contributed by atoms with Gasteiger partial charge < -0.3 is 9.84 Å². The second-order valence-corrected chi connectivity index (χ2v) is 4.01. The van der Waals surface area contributed by atoms with E-state index in [9.17, 15) is 10.1 Å². The number of aromatic nitrogens is 2. The summed E-state index contributed by atoms with van der Waals surface area (Å²) in [7, 11) is 0. The number of nitro groups is 1. The van der Waals surface area contributed by atoms with Crippen molar-refractivity contribution in [2.45, 2.75) is 19.9 Å². The van der Waals surface area contributed by atoms with E-state index in [4.69, 9.17) is 4.52 Å². The molecule has 0 bridgehead atoms. The molecule has 1 N–H and O–H groups in total. The molecular formula is C12H14N4O3. The van der Waals surface area contributed by atoms with Gasteiger partial charge in [0.25, 0.3) is 5.69 Å². The first-order chi connectivity index (χ1) is 9.13. The maximum atomic E-state index is 10.9. The molecule has 2 rings (SSSR count). The van der Waals surface area contributed by atoms with E-state index < -0.39 is 4.92 Å². The largest absolute Gasteiger partial charge is 0.337 e. The molecule has 0 amide bonds. The third kappa shape index (κ3) is 2.76. The smallest absolute Gasteiger partial charge is 0.280 e. The van der Waals surface area contributed by atoms with E-state index in [0.29, 0.717) is 11.5 Å². The number of para-hydroxylation sites is 1. The van der Waals surface area contributed by atoms with Crippen molar-refractivity contribution in [1.82, 2.24) is 15.5 Å². The quantitative estimate of drug-likeness (QED) is 0.656. The van der Waals surface area contributed by atoms with Crippen LogP contribution in [0.4, 0.5) is 5.69 Å². The van der Waals surface area contributed by atoms with Gasteiger partial charge in [-0.3, -0.25) is 10.1 Å². The van der Waals surface area contributed by atoms with Crippen molar-refractivity contribution in [3.8, 4) is 11.4 Å². The number of nitro benzene ring substituents is 1. The average molecular weight is 262 g/mol. The monoisotopic (exact) mass is 262 g/mol. The topological polar surface area (TPSA) is 94.1 Å². The van der Waals surface area contributed by atoms with Gasteiger partial charge in [0.2, 0.25) is 11.7 Å². The van der Waals surface area contributed by atoms with Crippen LogP contribution < -0.4 is 5.32 Å². The number of nitrogens with one attached hydrogen (secondary N) is 1. The molecule has 0 aliphatic carbocycles. The Bertz CT molecular complexity index is 582. The minimum atomic E-state index is -0.459. The van der Waals surface area contributed by atoms with E-state index in [-0.39, 0.29) is 17.6 Å². The molecular weight excluding hydrogens is 248 g/mol. The molecule has 1 aromatic carbocycles. The van der Waals surface area contributed by atoms with Crippen molar-refractivity contribution in [2.24, 2.45) is 0 Å². The van der Waals surface area contributed by atoms with Crippen LogP contribution in [-0.4, -0.2) is 21.6 Å². The van der Waals surface area contributed by atoms with Crippen molar-refractivity contribution in [3.63, 3.8) is 0 Å². The first-order valence-electron chi connectivity index (χ1n) is 5.94. The Kier molecular flexibility index (Phi) is 3.86. The molecule has 1 aromatic heterocycles. The molecule has 0 aliphatic rings.